The van der Waals surface area contributed by atoms with Gasteiger partial charge in [-0.15, -0.1) is 11.3 Å². The monoisotopic (exact) mass is 449 g/mol. The number of rotatable bonds is 7. The molecular formula is C26H31N3O2S. The number of benzene rings is 2. The number of hydrogen-bond acceptors (Lipinski definition) is 5. The molecule has 4 rings (SSSR count). The molecule has 1 aliphatic heterocycles. The Labute approximate surface area is 194 Å². The molecule has 1 fully saturated rings. The molecule has 1 unspecified atom stereocenters. The number of carbonyl (C=O) groups is 1. The summed E-state index contributed by atoms with van der Waals surface area (Å²) in [6.45, 7) is 6.35. The molecule has 2 aromatic carbocycles. The zero-order valence-corrected chi connectivity index (χ0v) is 19.6. The highest BCUT2D eigenvalue weighted by Gasteiger charge is 2.27. The number of piperidine rings is 1. The lowest BCUT2D eigenvalue weighted by Gasteiger charge is -2.34. The maximum atomic E-state index is 12.5. The Bertz CT molecular complexity index is 1030. The highest BCUT2D eigenvalue weighted by Crippen LogP contribution is 2.33. The average molecular weight is 450 g/mol. The van der Waals surface area contributed by atoms with Gasteiger partial charge in [-0.05, 0) is 55.5 Å². The lowest BCUT2D eigenvalue weighted by molar-refractivity contribution is -0.115. The summed E-state index contributed by atoms with van der Waals surface area (Å²) in [5, 5.41) is 13.5. The van der Waals surface area contributed by atoms with Crippen LogP contribution >= 0.6 is 11.3 Å². The van der Waals surface area contributed by atoms with E-state index in [2.05, 4.69) is 23.3 Å². The molecule has 1 saturated heterocycles. The largest absolute Gasteiger partial charge is 0.388 e. The molecule has 2 heterocycles. The second-order valence-corrected chi connectivity index (χ2v) is 9.26. The van der Waals surface area contributed by atoms with Crippen LogP contribution in [0.2, 0.25) is 0 Å². The third-order valence-electron chi connectivity index (χ3n) is 6.26. The highest BCUT2D eigenvalue weighted by atomic mass is 32.1. The Kier molecular flexibility index (Phi) is 7.35. The summed E-state index contributed by atoms with van der Waals surface area (Å²) in [6.07, 6.45) is 2.40. The molecule has 1 atom stereocenters. The minimum absolute atomic E-state index is 0.0255. The van der Waals surface area contributed by atoms with Crippen molar-refractivity contribution in [2.45, 2.75) is 45.8 Å². The smallest absolute Gasteiger partial charge is 0.230 e. The van der Waals surface area contributed by atoms with Gasteiger partial charge in [-0.25, -0.2) is 4.98 Å². The number of thiazole rings is 1. The molecule has 6 heteroatoms. The molecule has 1 N–H and O–H groups in total. The zero-order valence-electron chi connectivity index (χ0n) is 18.8. The third-order valence-corrected chi connectivity index (χ3v) is 7.14. The fourth-order valence-electron chi connectivity index (χ4n) is 4.49. The van der Waals surface area contributed by atoms with Gasteiger partial charge in [0, 0.05) is 18.8 Å². The zero-order chi connectivity index (χ0) is 22.5. The van der Waals surface area contributed by atoms with E-state index < -0.39 is 6.10 Å². The van der Waals surface area contributed by atoms with Gasteiger partial charge in [0.15, 0.2) is 5.13 Å². The number of aliphatic hydroxyl groups excluding tert-OH is 1. The lowest BCUT2D eigenvalue weighted by atomic mass is 9.87. The minimum atomic E-state index is -0.396. The molecule has 0 aliphatic carbocycles. The second-order valence-electron chi connectivity index (χ2n) is 8.43. The predicted octanol–water partition coefficient (Wildman–Crippen LogP) is 5.34. The number of carbonyl (C=O) groups excluding carboxylic acids is 1. The van der Waals surface area contributed by atoms with Gasteiger partial charge in [-0.1, -0.05) is 55.5 Å². The molecule has 0 spiro atoms. The first-order valence-corrected chi connectivity index (χ1v) is 12.2. The van der Waals surface area contributed by atoms with E-state index >= 15 is 0 Å². The quantitative estimate of drug-likeness (QED) is 0.529. The van der Waals surface area contributed by atoms with Crippen molar-refractivity contribution in [3.8, 4) is 0 Å². The van der Waals surface area contributed by atoms with Gasteiger partial charge in [-0.3, -0.25) is 14.6 Å². The Hall–Kier alpha value is -2.54. The topological polar surface area (TPSA) is 56.7 Å². The first-order chi connectivity index (χ1) is 15.6. The maximum Gasteiger partial charge on any atom is 0.230 e. The summed E-state index contributed by atoms with van der Waals surface area (Å²) in [4.78, 5) is 21.4. The van der Waals surface area contributed by atoms with Crippen molar-refractivity contribution in [1.82, 2.24) is 9.88 Å². The van der Waals surface area contributed by atoms with Crippen molar-refractivity contribution in [2.24, 2.45) is 5.92 Å². The number of anilines is 2. The van der Waals surface area contributed by atoms with Gasteiger partial charge in [-0.2, -0.15) is 0 Å². The van der Waals surface area contributed by atoms with E-state index in [0.29, 0.717) is 5.92 Å². The molecule has 0 bridgehead atoms. The standard InChI is InChI=1S/C26H31N3O2S/c1-3-20-9-7-8-12-24(20)29(19(2)30)26-27-23(18-32-26)17-28-15-13-22(14-16-28)25(31)21-10-5-4-6-11-21/h4-12,18,22,25,31H,3,13-17H2,1-2H3. The van der Waals surface area contributed by atoms with Gasteiger partial charge in [0.2, 0.25) is 5.91 Å². The summed E-state index contributed by atoms with van der Waals surface area (Å²) < 4.78 is 0. The van der Waals surface area contributed by atoms with Crippen LogP contribution in [-0.4, -0.2) is 34.0 Å². The normalized spacial score (nSPS) is 16.1. The minimum Gasteiger partial charge on any atom is -0.388 e. The van der Waals surface area contributed by atoms with Gasteiger partial charge in [0.05, 0.1) is 17.5 Å². The van der Waals surface area contributed by atoms with Crippen molar-refractivity contribution >= 4 is 28.1 Å². The number of amides is 1. The van der Waals surface area contributed by atoms with Crippen molar-refractivity contribution in [3.05, 3.63) is 76.8 Å². The third kappa shape index (κ3) is 5.09. The lowest BCUT2D eigenvalue weighted by Crippen LogP contribution is -2.35. The van der Waals surface area contributed by atoms with Crippen LogP contribution in [-0.2, 0) is 17.8 Å². The van der Waals surface area contributed by atoms with Gasteiger partial charge in [0.1, 0.15) is 0 Å². The number of aromatic nitrogens is 1. The Morgan fingerprint density at radius 1 is 1.16 bits per heavy atom. The fourth-order valence-corrected chi connectivity index (χ4v) is 5.36. The van der Waals surface area contributed by atoms with Crippen LogP contribution in [0.5, 0.6) is 0 Å². The summed E-state index contributed by atoms with van der Waals surface area (Å²) in [6, 6.07) is 18.0. The second kappa shape index (κ2) is 10.4. The maximum absolute atomic E-state index is 12.5. The Balaban J connectivity index is 1.40. The number of nitrogens with zero attached hydrogens (tertiary/aromatic N) is 3. The number of para-hydroxylation sites is 1. The van der Waals surface area contributed by atoms with Gasteiger partial charge >= 0.3 is 0 Å². The molecule has 0 saturated carbocycles. The summed E-state index contributed by atoms with van der Waals surface area (Å²) in [5.74, 6) is 0.265. The van der Waals surface area contributed by atoms with Crippen LogP contribution in [0, 0.1) is 5.92 Å². The number of likely N-dealkylation sites (tertiary alicyclic amines) is 1. The van der Waals surface area contributed by atoms with Crippen molar-refractivity contribution in [3.63, 3.8) is 0 Å². The number of aryl methyl sites for hydroxylation is 1. The number of aliphatic hydroxyl groups is 1. The van der Waals surface area contributed by atoms with Crippen LogP contribution in [0.4, 0.5) is 10.8 Å². The first-order valence-electron chi connectivity index (χ1n) is 11.3. The van der Waals surface area contributed by atoms with Crippen molar-refractivity contribution < 1.29 is 9.90 Å². The summed E-state index contributed by atoms with van der Waals surface area (Å²) in [7, 11) is 0. The van der Waals surface area contributed by atoms with E-state index in [1.165, 1.54) is 11.3 Å². The van der Waals surface area contributed by atoms with E-state index in [1.54, 1.807) is 11.8 Å². The molecule has 1 amide bonds. The highest BCUT2D eigenvalue weighted by molar-refractivity contribution is 7.14. The van der Waals surface area contributed by atoms with Crippen LogP contribution in [0.1, 0.15) is 49.6 Å². The van der Waals surface area contributed by atoms with E-state index in [0.717, 1.165) is 66.5 Å². The SMILES string of the molecule is CCc1ccccc1N(C(C)=O)c1nc(CN2CCC(C(O)c3ccccc3)CC2)cs1. The van der Waals surface area contributed by atoms with E-state index in [4.69, 9.17) is 4.98 Å². The molecule has 168 valence electrons. The summed E-state index contributed by atoms with van der Waals surface area (Å²) >= 11 is 1.52. The van der Waals surface area contributed by atoms with Crippen LogP contribution in [0.15, 0.2) is 60.0 Å². The summed E-state index contributed by atoms with van der Waals surface area (Å²) in [5.41, 5.74) is 4.05. The molecule has 32 heavy (non-hydrogen) atoms. The fraction of sp³-hybridized carbons (Fsp3) is 0.385. The van der Waals surface area contributed by atoms with Crippen molar-refractivity contribution in [2.75, 3.05) is 18.0 Å². The van der Waals surface area contributed by atoms with E-state index in [-0.39, 0.29) is 5.91 Å². The Morgan fingerprint density at radius 2 is 1.84 bits per heavy atom. The molecule has 1 aliphatic rings. The Morgan fingerprint density at radius 3 is 2.53 bits per heavy atom. The predicted molar refractivity (Wildman–Crippen MR) is 130 cm³/mol. The van der Waals surface area contributed by atoms with Gasteiger partial charge in [0.25, 0.3) is 0 Å². The van der Waals surface area contributed by atoms with E-state index in [1.807, 2.05) is 48.5 Å². The van der Waals surface area contributed by atoms with Crippen LogP contribution in [0.25, 0.3) is 0 Å². The van der Waals surface area contributed by atoms with Crippen LogP contribution in [0.3, 0.4) is 0 Å². The van der Waals surface area contributed by atoms with Crippen LogP contribution < -0.4 is 4.90 Å². The molecule has 3 aromatic rings. The number of hydrogen-bond donors (Lipinski definition) is 1. The van der Waals surface area contributed by atoms with Crippen molar-refractivity contribution in [1.29, 1.82) is 0 Å². The molecule has 0 radical (unpaired) electrons. The average Bonchev–Trinajstić information content (AvgIpc) is 3.27. The van der Waals surface area contributed by atoms with E-state index in [9.17, 15) is 9.90 Å². The van der Waals surface area contributed by atoms with Gasteiger partial charge < -0.3 is 5.11 Å². The molecule has 5 nitrogen and oxygen atoms in total. The molecular weight excluding hydrogens is 418 g/mol. The molecule has 1 aromatic heterocycles. The first kappa shape index (κ1) is 22.6.